The van der Waals surface area contributed by atoms with Gasteiger partial charge in [-0.25, -0.2) is 38.7 Å². The summed E-state index contributed by atoms with van der Waals surface area (Å²) in [6, 6.07) is 81.6. The van der Waals surface area contributed by atoms with Gasteiger partial charge in [-0.3, -0.25) is 16.3 Å². The second-order valence-corrected chi connectivity index (χ2v) is 34.6. The van der Waals surface area contributed by atoms with E-state index in [1.807, 2.05) is 127 Å². The molecular weight excluding hydrogens is 1810 g/mol. The minimum absolute atomic E-state index is 0.0236. The Hall–Kier alpha value is -16.1. The van der Waals surface area contributed by atoms with Gasteiger partial charge in [0.15, 0.2) is 0 Å². The summed E-state index contributed by atoms with van der Waals surface area (Å²) in [6.07, 6.45) is 25.2. The van der Waals surface area contributed by atoms with Crippen molar-refractivity contribution in [3.05, 3.63) is 366 Å². The molecule has 12 aromatic carbocycles. The summed E-state index contributed by atoms with van der Waals surface area (Å²) in [6.45, 7) is 15.0. The van der Waals surface area contributed by atoms with E-state index in [4.69, 9.17) is 64.6 Å². The number of carbonyl (C=O) groups is 6. The molecule has 0 fully saturated rings. The van der Waals surface area contributed by atoms with Gasteiger partial charge in [-0.05, 0) is 275 Å². The lowest BCUT2D eigenvalue weighted by molar-refractivity contribution is -0.138. The number of nitrogens with one attached hydrogen (secondary N) is 5. The molecule has 1 aliphatic rings. The second kappa shape index (κ2) is 55.9. The molecule has 0 spiro atoms. The molecule has 1 aliphatic carbocycles. The zero-order valence-corrected chi connectivity index (χ0v) is 80.4. The van der Waals surface area contributed by atoms with Crippen molar-refractivity contribution in [1.29, 1.82) is 16.2 Å². The molecule has 0 bridgehead atoms. The molecule has 0 saturated carbocycles. The number of nitrogen functional groups attached to an aromatic ring is 1. The number of esters is 6. The maximum absolute atomic E-state index is 13.9. The average molecular weight is 1930 g/mol. The zero-order chi connectivity index (χ0) is 99.1. The highest BCUT2D eigenvalue weighted by Crippen LogP contribution is 2.37. The monoisotopic (exact) mass is 1930 g/mol. The van der Waals surface area contributed by atoms with Gasteiger partial charge in [0.05, 0.1) is 94.9 Å². The van der Waals surface area contributed by atoms with E-state index in [2.05, 4.69) is 106 Å². The number of rotatable bonds is 48. The molecule has 27 heteroatoms. The van der Waals surface area contributed by atoms with Crippen molar-refractivity contribution < 1.29 is 71.4 Å². The summed E-state index contributed by atoms with van der Waals surface area (Å²) >= 11 is 3.00. The average Bonchev–Trinajstić information content (AvgIpc) is 1.62. The van der Waals surface area contributed by atoms with Crippen molar-refractivity contribution in [2.75, 3.05) is 56.2 Å². The van der Waals surface area contributed by atoms with Crippen molar-refractivity contribution in [1.82, 2.24) is 9.97 Å². The summed E-state index contributed by atoms with van der Waals surface area (Å²) in [7, 11) is 0. The van der Waals surface area contributed by atoms with E-state index in [0.29, 0.717) is 95.3 Å². The number of hydrogen-bond donors (Lipinski definition) is 6. The summed E-state index contributed by atoms with van der Waals surface area (Å²) in [4.78, 5) is 82.4. The fourth-order valence-corrected chi connectivity index (χ4v) is 16.4. The highest BCUT2D eigenvalue weighted by molar-refractivity contribution is 7.22. The van der Waals surface area contributed by atoms with E-state index in [1.165, 1.54) is 93.2 Å². The van der Waals surface area contributed by atoms with Gasteiger partial charge in [0.2, 0.25) is 10.3 Å². The number of aryl methyl sites for hydroxylation is 3. The number of nitrogens with zero attached hydrogens (tertiary/aromatic N) is 4. The number of ether oxygens (including phenoxy) is 9. The van der Waals surface area contributed by atoms with Crippen molar-refractivity contribution in [3.8, 4) is 45.6 Å². The quantitative estimate of drug-likeness (QED) is 0.00301. The van der Waals surface area contributed by atoms with Gasteiger partial charge in [0.25, 0.3) is 0 Å². The van der Waals surface area contributed by atoms with Crippen molar-refractivity contribution in [2.45, 2.75) is 122 Å². The van der Waals surface area contributed by atoms with Crippen LogP contribution in [-0.2, 0) is 47.9 Å². The smallest absolute Gasteiger partial charge is 0.343 e. The van der Waals surface area contributed by atoms with Gasteiger partial charge in [-0.15, -0.1) is 0 Å². The van der Waals surface area contributed by atoms with E-state index in [1.54, 1.807) is 85.2 Å². The molecule has 0 aliphatic heterocycles. The van der Waals surface area contributed by atoms with Crippen LogP contribution in [-0.4, -0.2) is 116 Å². The summed E-state index contributed by atoms with van der Waals surface area (Å²) < 4.78 is 51.8. The molecule has 141 heavy (non-hydrogen) atoms. The third-order valence-electron chi connectivity index (χ3n) is 22.3. The largest absolute Gasteiger partial charge is 0.494 e. The Kier molecular flexibility index (Phi) is 41.2. The molecule has 0 saturated heterocycles. The number of benzene rings is 12. The molecule has 0 unspecified atom stereocenters. The van der Waals surface area contributed by atoms with Gasteiger partial charge >= 0.3 is 35.8 Å². The van der Waals surface area contributed by atoms with Gasteiger partial charge < -0.3 is 59.2 Å². The first-order chi connectivity index (χ1) is 68.9. The number of hydrazone groups is 2. The number of nitrogens with two attached hydrogens (primary N) is 1. The lowest BCUT2D eigenvalue weighted by Gasteiger charge is -2.14. The van der Waals surface area contributed by atoms with E-state index in [9.17, 15) is 28.8 Å². The van der Waals surface area contributed by atoms with E-state index < -0.39 is 35.8 Å². The number of aromatic nitrogens is 2. The molecule has 722 valence electrons. The van der Waals surface area contributed by atoms with Crippen LogP contribution in [0.15, 0.2) is 309 Å². The fourth-order valence-electron chi connectivity index (χ4n) is 14.8. The lowest BCUT2D eigenvalue weighted by Crippen LogP contribution is -2.13. The van der Waals surface area contributed by atoms with Gasteiger partial charge in [-0.1, -0.05) is 190 Å². The number of fused-ring (bicyclic) bond motifs is 6. The molecule has 7 N–H and O–H groups in total. The number of thiazole rings is 2. The Morgan fingerprint density at radius 1 is 0.376 bits per heavy atom. The first-order valence-corrected chi connectivity index (χ1v) is 48.6. The number of anilines is 3. The highest BCUT2D eigenvalue weighted by atomic mass is 32.1. The Morgan fingerprint density at radius 2 is 0.745 bits per heavy atom. The second-order valence-electron chi connectivity index (χ2n) is 32.5. The highest BCUT2D eigenvalue weighted by Gasteiger charge is 2.24. The Labute approximate surface area is 828 Å². The van der Waals surface area contributed by atoms with Gasteiger partial charge in [-0.2, -0.15) is 10.2 Å². The van der Waals surface area contributed by atoms with Crippen LogP contribution in [0.4, 0.5) is 16.0 Å². The Balaban J connectivity index is 0.000000203. The molecule has 2 heterocycles. The van der Waals surface area contributed by atoms with E-state index in [-0.39, 0.29) is 33.8 Å². The third-order valence-corrected chi connectivity index (χ3v) is 24.1. The molecular formula is C114H114N10O15S2. The molecule has 14 aromatic rings. The van der Waals surface area contributed by atoms with Crippen LogP contribution < -0.4 is 45.0 Å². The minimum atomic E-state index is -0.679. The van der Waals surface area contributed by atoms with Crippen LogP contribution in [0.2, 0.25) is 0 Å². The Morgan fingerprint density at radius 3 is 1.15 bits per heavy atom. The molecule has 2 aromatic heterocycles. The van der Waals surface area contributed by atoms with Crippen LogP contribution in [0.5, 0.6) is 34.5 Å². The maximum Gasteiger partial charge on any atom is 0.343 e. The topological polar surface area (TPSA) is 358 Å². The molecule has 25 nitrogen and oxygen atoms in total. The van der Waals surface area contributed by atoms with Crippen LogP contribution in [0.25, 0.3) is 42.3 Å². The molecule has 15 rings (SSSR count). The summed E-state index contributed by atoms with van der Waals surface area (Å²) in [5.41, 5.74) is 25.5. The Bertz CT molecular complexity index is 6330. The standard InChI is InChI=1S/C51H52N6O5S2.C40H44N2O10.C13H9N.C10H9N/c1-3-5-8-15-36-20-22-37(23-21-36)24-25-38-32-40(34-52-56-50-54-43-16-9-11-18-45(43)63-50)48(41(33-38)35-53-57-51-55-44-17-10-12-19-46(44)64-51)62-49(59)39-26-28-42(29-27-39)60-30-13-6-7-14-31-61-47(58)4-2;1-3-37(43)49-23-11-7-5-9-21-47-33-17-13-29(14-18-33)39(45)51-35-25-32(28-42)36(26-31(35)27-41)52-40(46)30-15-19-34(20-16-30)48-22-10-6-8-12-24-50-38(44)4-2;14-13-11-7-3-1-5-9(11)10-6-2-4-8-12(10)13;11-10-6-5-8-3-1-2-4-9(8)7-10/h4,9-12,16-23,26-29,32-35H,2-3,5-8,13-15,24-25,30-31H2,1H3,(H,54,56)(H,55,57);3-4,13-20,25-28,41-42H,1-2,5-12,21-24H2;1-8,14H;1-7H,11H2/b52-34+,53-35+;;;. The molecule has 0 radical (unpaired) electrons. The third kappa shape index (κ3) is 32.8. The first-order valence-electron chi connectivity index (χ1n) is 46.9. The SMILES string of the molecule is C=CC(=O)OCCCCCCOc1ccc(C(=O)Oc2c(/C=N/Nc3nc4ccccc4s3)cc(CCc3ccc(CCCCC)cc3)cc2/C=N/Nc2nc3ccccc3s2)cc1.C=CC(=O)OCCCCCCOc1ccc(C(=O)Oc2cc(C=N)c(OC(=O)c3ccc(OCCCCCCOC(=O)C=C)cc3)cc2C=N)cc1.N=C1c2ccccc2-c2ccccc21.Nc1ccc2ccccc2c1. The van der Waals surface area contributed by atoms with Crippen molar-refractivity contribution in [2.24, 2.45) is 10.2 Å². The number of unbranched alkanes of at least 4 members (excludes halogenated alkanes) is 11. The number of carbonyl (C=O) groups excluding carboxylic acids is 6. The van der Waals surface area contributed by atoms with Crippen LogP contribution in [0.1, 0.15) is 184 Å². The maximum atomic E-state index is 13.9. The van der Waals surface area contributed by atoms with Gasteiger partial charge in [0.1, 0.15) is 34.5 Å². The van der Waals surface area contributed by atoms with Crippen LogP contribution >= 0.6 is 22.7 Å². The summed E-state index contributed by atoms with van der Waals surface area (Å²) in [5, 5.41) is 36.6. The fraction of sp³-hybridized carbons (Fsp3) is 0.219. The minimum Gasteiger partial charge on any atom is -0.494 e. The van der Waals surface area contributed by atoms with Gasteiger partial charge in [0, 0.05) is 69.7 Å². The van der Waals surface area contributed by atoms with E-state index >= 15 is 0 Å². The number of hydrogen-bond acceptors (Lipinski definition) is 27. The predicted molar refractivity (Wildman–Crippen MR) is 563 cm³/mol. The van der Waals surface area contributed by atoms with Crippen molar-refractivity contribution in [3.63, 3.8) is 0 Å². The zero-order valence-electron chi connectivity index (χ0n) is 78.8. The van der Waals surface area contributed by atoms with E-state index in [0.717, 1.165) is 164 Å². The molecule has 0 atom stereocenters. The lowest BCUT2D eigenvalue weighted by atomic mass is 9.98. The first kappa shape index (κ1) is 104. The summed E-state index contributed by atoms with van der Waals surface area (Å²) in [5.74, 6) is -0.980. The van der Waals surface area contributed by atoms with Crippen LogP contribution in [0, 0.1) is 16.2 Å². The normalized spacial score (nSPS) is 11.0. The number of para-hydroxylation sites is 2. The predicted octanol–water partition coefficient (Wildman–Crippen LogP) is 25.2. The molecule has 0 amide bonds. The van der Waals surface area contributed by atoms with Crippen LogP contribution in [0.3, 0.4) is 0 Å². The van der Waals surface area contributed by atoms with Crippen molar-refractivity contribution >= 4 is 136 Å².